The van der Waals surface area contributed by atoms with Gasteiger partial charge in [-0.05, 0) is 28.1 Å². The number of esters is 1. The van der Waals surface area contributed by atoms with Crippen LogP contribution in [0.1, 0.15) is 0 Å². The highest BCUT2D eigenvalue weighted by molar-refractivity contribution is 9.10. The third kappa shape index (κ3) is 3.81. The first-order chi connectivity index (χ1) is 7.84. The number of nitrogens with zero attached hydrogens (tertiary/aromatic N) is 2. The summed E-state index contributed by atoms with van der Waals surface area (Å²) >= 11 is 3.07. The highest BCUT2D eigenvalue weighted by atomic mass is 79.9. The molecule has 0 radical (unpaired) electrons. The second-order valence-corrected chi connectivity index (χ2v) is 3.70. The van der Waals surface area contributed by atoms with Gasteiger partial charge in [0.25, 0.3) is 0 Å². The molecule has 0 atom stereocenters. The molecule has 0 saturated carbocycles. The molecule has 1 rings (SSSR count). The van der Waals surface area contributed by atoms with E-state index in [1.165, 1.54) is 18.3 Å². The van der Waals surface area contributed by atoms with E-state index in [0.29, 0.717) is 4.47 Å². The van der Waals surface area contributed by atoms with Gasteiger partial charge < -0.3 is 4.74 Å². The van der Waals surface area contributed by atoms with E-state index in [-0.39, 0.29) is 5.82 Å². The third-order valence-electron chi connectivity index (χ3n) is 1.59. The molecule has 1 aromatic rings. The number of hydrogen-bond acceptors (Lipinski definition) is 4. The number of hydrogen-bond donors (Lipinski definition) is 0. The summed E-state index contributed by atoms with van der Waals surface area (Å²) in [5.41, 5.74) is -1.64. The van der Waals surface area contributed by atoms with E-state index in [0.717, 1.165) is 7.11 Å². The molecule has 0 unspecified atom stereocenters. The van der Waals surface area contributed by atoms with Crippen LogP contribution in [0.5, 0.6) is 0 Å². The lowest BCUT2D eigenvalue weighted by Crippen LogP contribution is -2.31. The Morgan fingerprint density at radius 2 is 2.12 bits per heavy atom. The van der Waals surface area contributed by atoms with Crippen LogP contribution in [0, 0.1) is 0 Å². The molecule has 0 saturated heterocycles. The highest BCUT2D eigenvalue weighted by Gasteiger charge is 2.42. The average Bonchev–Trinajstić information content (AvgIpc) is 2.25. The Labute approximate surface area is 103 Å². The Morgan fingerprint density at radius 3 is 2.53 bits per heavy atom. The summed E-state index contributed by atoms with van der Waals surface area (Å²) in [7, 11) is 0.846. The van der Waals surface area contributed by atoms with E-state index in [2.05, 4.69) is 30.6 Å². The molecule has 0 aliphatic carbocycles. The van der Waals surface area contributed by atoms with E-state index in [9.17, 15) is 18.0 Å². The minimum Gasteiger partial charge on any atom is -0.464 e. The fourth-order valence-electron chi connectivity index (χ4n) is 0.870. The number of alkyl halides is 3. The van der Waals surface area contributed by atoms with Crippen LogP contribution in [-0.2, 0) is 9.53 Å². The van der Waals surface area contributed by atoms with Crippen molar-refractivity contribution in [3.63, 3.8) is 0 Å². The molecule has 17 heavy (non-hydrogen) atoms. The topological polar surface area (TPSA) is 51.5 Å². The van der Waals surface area contributed by atoms with Crippen LogP contribution in [0.15, 0.2) is 27.8 Å². The first-order valence-corrected chi connectivity index (χ1v) is 4.99. The zero-order valence-electron chi connectivity index (χ0n) is 8.45. The summed E-state index contributed by atoms with van der Waals surface area (Å²) < 4.78 is 42.0. The number of ether oxygens (including phenoxy) is 1. The minimum atomic E-state index is -4.89. The third-order valence-corrected chi connectivity index (χ3v) is 2.05. The molecule has 0 aliphatic rings. The molecule has 1 heterocycles. The molecule has 0 amide bonds. The maximum Gasteiger partial charge on any atom is 0.440 e. The molecule has 8 heteroatoms. The van der Waals surface area contributed by atoms with Crippen molar-refractivity contribution in [2.24, 2.45) is 4.99 Å². The van der Waals surface area contributed by atoms with Crippen LogP contribution in [0.2, 0.25) is 0 Å². The smallest absolute Gasteiger partial charge is 0.440 e. The largest absolute Gasteiger partial charge is 0.464 e. The highest BCUT2D eigenvalue weighted by Crippen LogP contribution is 2.22. The van der Waals surface area contributed by atoms with Gasteiger partial charge in [0.15, 0.2) is 5.82 Å². The standard InChI is InChI=1S/C9H6BrF3N2O2/c1-17-8(16)7(9(11,12)13)15-6-3-2-5(10)4-14-6/h2-4H,1H3/b15-7-. The SMILES string of the molecule is COC(=O)/C(=N/c1ccc(Br)cn1)C(F)(F)F. The van der Waals surface area contributed by atoms with Crippen LogP contribution in [0.4, 0.5) is 19.0 Å². The van der Waals surface area contributed by atoms with E-state index in [1.54, 1.807) is 0 Å². The molecule has 0 bridgehead atoms. The first-order valence-electron chi connectivity index (χ1n) is 4.20. The summed E-state index contributed by atoms with van der Waals surface area (Å²) in [6, 6.07) is 2.69. The van der Waals surface area contributed by atoms with Crippen LogP contribution >= 0.6 is 15.9 Å². The van der Waals surface area contributed by atoms with Gasteiger partial charge >= 0.3 is 12.1 Å². The molecular formula is C9H6BrF3N2O2. The van der Waals surface area contributed by atoms with Crippen molar-refractivity contribution < 1.29 is 22.7 Å². The maximum absolute atomic E-state index is 12.5. The number of methoxy groups -OCH3 is 1. The van der Waals surface area contributed by atoms with Gasteiger partial charge in [0.2, 0.25) is 5.71 Å². The predicted molar refractivity (Wildman–Crippen MR) is 57.1 cm³/mol. The van der Waals surface area contributed by atoms with Crippen LogP contribution in [0.3, 0.4) is 0 Å². The number of rotatable bonds is 2. The molecule has 0 spiro atoms. The second-order valence-electron chi connectivity index (χ2n) is 2.78. The normalized spacial score (nSPS) is 12.4. The van der Waals surface area contributed by atoms with Crippen molar-refractivity contribution in [1.82, 2.24) is 4.98 Å². The summed E-state index contributed by atoms with van der Waals surface area (Å²) in [6.07, 6.45) is -3.62. The number of pyridine rings is 1. The van der Waals surface area contributed by atoms with Crippen LogP contribution in [0.25, 0.3) is 0 Å². The Balaban J connectivity index is 3.14. The van der Waals surface area contributed by atoms with Crippen molar-refractivity contribution in [1.29, 1.82) is 0 Å². The quantitative estimate of drug-likeness (QED) is 0.623. The summed E-state index contributed by atoms with van der Waals surface area (Å²) in [5, 5.41) is 0. The molecule has 4 nitrogen and oxygen atoms in total. The molecule has 92 valence electrons. The fraction of sp³-hybridized carbons (Fsp3) is 0.222. The Hall–Kier alpha value is -1.44. The molecule has 0 N–H and O–H groups in total. The zero-order chi connectivity index (χ0) is 13.1. The van der Waals surface area contributed by atoms with Crippen molar-refractivity contribution >= 4 is 33.4 Å². The van der Waals surface area contributed by atoms with Gasteiger partial charge in [-0.15, -0.1) is 0 Å². The summed E-state index contributed by atoms with van der Waals surface area (Å²) in [6.45, 7) is 0. The lowest BCUT2D eigenvalue weighted by molar-refractivity contribution is -0.137. The van der Waals surface area contributed by atoms with E-state index in [4.69, 9.17) is 0 Å². The molecular weight excluding hydrogens is 305 g/mol. The Bertz CT molecular complexity index is 443. The summed E-state index contributed by atoms with van der Waals surface area (Å²) in [4.78, 5) is 17.7. The van der Waals surface area contributed by atoms with Gasteiger partial charge in [0.05, 0.1) is 7.11 Å². The number of aliphatic imine (C=N–C) groups is 1. The van der Waals surface area contributed by atoms with Gasteiger partial charge in [-0.2, -0.15) is 13.2 Å². The lowest BCUT2D eigenvalue weighted by atomic mass is 10.3. The monoisotopic (exact) mass is 310 g/mol. The minimum absolute atomic E-state index is 0.231. The van der Waals surface area contributed by atoms with Crippen molar-refractivity contribution in [2.75, 3.05) is 7.11 Å². The maximum atomic E-state index is 12.5. The molecule has 1 aromatic heterocycles. The van der Waals surface area contributed by atoms with E-state index < -0.39 is 17.9 Å². The second kappa shape index (κ2) is 5.26. The van der Waals surface area contributed by atoms with Crippen molar-refractivity contribution in [3.8, 4) is 0 Å². The fourth-order valence-corrected chi connectivity index (χ4v) is 1.10. The first kappa shape index (κ1) is 13.6. The van der Waals surface area contributed by atoms with Crippen molar-refractivity contribution in [3.05, 3.63) is 22.8 Å². The van der Waals surface area contributed by atoms with E-state index in [1.807, 2.05) is 0 Å². The van der Waals surface area contributed by atoms with Gasteiger partial charge in [0, 0.05) is 10.7 Å². The molecule has 0 fully saturated rings. The van der Waals surface area contributed by atoms with Crippen molar-refractivity contribution in [2.45, 2.75) is 6.18 Å². The molecule has 0 aromatic carbocycles. The summed E-state index contributed by atoms with van der Waals surface area (Å²) in [5.74, 6) is -1.78. The Kier molecular flexibility index (Phi) is 4.22. The average molecular weight is 311 g/mol. The Morgan fingerprint density at radius 1 is 1.47 bits per heavy atom. The number of aromatic nitrogens is 1. The number of halogens is 4. The lowest BCUT2D eigenvalue weighted by Gasteiger charge is -2.07. The van der Waals surface area contributed by atoms with Gasteiger partial charge in [-0.1, -0.05) is 0 Å². The van der Waals surface area contributed by atoms with Crippen LogP contribution in [-0.4, -0.2) is 30.0 Å². The number of carbonyl (C=O) groups is 1. The zero-order valence-corrected chi connectivity index (χ0v) is 10.0. The van der Waals surface area contributed by atoms with Gasteiger partial charge in [-0.25, -0.2) is 14.8 Å². The van der Waals surface area contributed by atoms with E-state index >= 15 is 0 Å². The van der Waals surface area contributed by atoms with Gasteiger partial charge in [-0.3, -0.25) is 0 Å². The molecule has 0 aliphatic heterocycles. The number of carbonyl (C=O) groups excluding carboxylic acids is 1. The predicted octanol–water partition coefficient (Wildman–Crippen LogP) is 2.65. The van der Waals surface area contributed by atoms with Crippen LogP contribution < -0.4 is 0 Å². The van der Waals surface area contributed by atoms with Gasteiger partial charge in [0.1, 0.15) is 0 Å².